The fraction of sp³-hybridized carbons (Fsp3) is 0.462. The topological polar surface area (TPSA) is 43.9 Å². The fourth-order valence-corrected chi connectivity index (χ4v) is 4.22. The minimum Gasteiger partial charge on any atom is -0.340 e. The second kappa shape index (κ2) is 12.7. The van der Waals surface area contributed by atoms with E-state index in [0.29, 0.717) is 36.6 Å². The van der Waals surface area contributed by atoms with Crippen molar-refractivity contribution in [3.05, 3.63) is 70.5 Å². The van der Waals surface area contributed by atoms with Crippen LogP contribution in [0.1, 0.15) is 48.5 Å². The normalized spacial score (nSPS) is 14.3. The summed E-state index contributed by atoms with van der Waals surface area (Å²) >= 11 is 6.10. The Hall–Kier alpha value is -2.44. The van der Waals surface area contributed by atoms with Crippen molar-refractivity contribution in [2.45, 2.75) is 39.2 Å². The molecule has 2 aromatic carbocycles. The van der Waals surface area contributed by atoms with E-state index in [2.05, 4.69) is 11.8 Å². The van der Waals surface area contributed by atoms with E-state index in [0.717, 1.165) is 51.0 Å². The number of amides is 2. The number of benzene rings is 2. The van der Waals surface area contributed by atoms with Crippen molar-refractivity contribution < 1.29 is 14.0 Å². The number of piperazine rings is 1. The average Bonchev–Trinajstić information content (AvgIpc) is 2.83. The van der Waals surface area contributed by atoms with E-state index in [1.54, 1.807) is 41.3 Å². The maximum Gasteiger partial charge on any atom is 0.254 e. The Labute approximate surface area is 201 Å². The van der Waals surface area contributed by atoms with Crippen LogP contribution in [0, 0.1) is 5.82 Å². The summed E-state index contributed by atoms with van der Waals surface area (Å²) in [6.07, 6.45) is 3.80. The van der Waals surface area contributed by atoms with E-state index in [1.165, 1.54) is 12.1 Å². The predicted octanol–water partition coefficient (Wildman–Crippen LogP) is 4.85. The van der Waals surface area contributed by atoms with Crippen LogP contribution in [0.25, 0.3) is 0 Å². The third-order valence-corrected chi connectivity index (χ3v) is 6.29. The number of nitrogens with zero attached hydrogens (tertiary/aromatic N) is 3. The third-order valence-electron chi connectivity index (χ3n) is 6.05. The summed E-state index contributed by atoms with van der Waals surface area (Å²) in [5.41, 5.74) is 1.40. The van der Waals surface area contributed by atoms with Crippen LogP contribution in [-0.4, -0.2) is 65.8 Å². The van der Waals surface area contributed by atoms with E-state index in [1.807, 2.05) is 4.90 Å². The van der Waals surface area contributed by atoms with Gasteiger partial charge in [0, 0.05) is 62.8 Å². The molecule has 1 heterocycles. The highest BCUT2D eigenvalue weighted by molar-refractivity contribution is 6.30. The average molecular weight is 474 g/mol. The SMILES string of the molecule is CCCCCC(=O)N1CCN(CCN(Cc2ccc(F)cc2)C(=O)c2cccc(Cl)c2)CC1. The molecular formula is C26H33ClFN3O2. The molecule has 33 heavy (non-hydrogen) atoms. The van der Waals surface area contributed by atoms with Crippen molar-refractivity contribution in [1.29, 1.82) is 0 Å². The smallest absolute Gasteiger partial charge is 0.254 e. The Balaban J connectivity index is 1.58. The van der Waals surface area contributed by atoms with Gasteiger partial charge in [-0.2, -0.15) is 0 Å². The van der Waals surface area contributed by atoms with E-state index >= 15 is 0 Å². The van der Waals surface area contributed by atoms with Crippen LogP contribution >= 0.6 is 11.6 Å². The van der Waals surface area contributed by atoms with Gasteiger partial charge in [0.1, 0.15) is 5.82 Å². The molecule has 1 aliphatic heterocycles. The Bertz CT molecular complexity index is 914. The van der Waals surface area contributed by atoms with E-state index in [4.69, 9.17) is 11.6 Å². The fourth-order valence-electron chi connectivity index (χ4n) is 4.03. The van der Waals surface area contributed by atoms with Gasteiger partial charge in [-0.25, -0.2) is 4.39 Å². The van der Waals surface area contributed by atoms with Gasteiger partial charge < -0.3 is 9.80 Å². The number of hydrogen-bond donors (Lipinski definition) is 0. The van der Waals surface area contributed by atoms with Gasteiger partial charge in [-0.1, -0.05) is 49.6 Å². The summed E-state index contributed by atoms with van der Waals surface area (Å²) in [4.78, 5) is 31.6. The molecule has 0 unspecified atom stereocenters. The van der Waals surface area contributed by atoms with Crippen LogP contribution in [0.15, 0.2) is 48.5 Å². The standard InChI is InChI=1S/C26H33ClFN3O2/c1-2-3-4-8-25(32)30-16-13-29(14-17-30)15-18-31(20-21-9-11-24(28)12-10-21)26(33)22-6-5-7-23(27)19-22/h5-7,9-12,19H,2-4,8,13-18,20H2,1H3. The predicted molar refractivity (Wildman–Crippen MR) is 130 cm³/mol. The highest BCUT2D eigenvalue weighted by Crippen LogP contribution is 2.16. The highest BCUT2D eigenvalue weighted by Gasteiger charge is 2.22. The Morgan fingerprint density at radius 1 is 1.03 bits per heavy atom. The summed E-state index contributed by atoms with van der Waals surface area (Å²) in [6, 6.07) is 13.2. The Kier molecular flexibility index (Phi) is 9.70. The molecule has 2 amide bonds. The van der Waals surface area contributed by atoms with E-state index in [-0.39, 0.29) is 17.6 Å². The van der Waals surface area contributed by atoms with Gasteiger partial charge in [0.2, 0.25) is 5.91 Å². The molecule has 3 rings (SSSR count). The quantitative estimate of drug-likeness (QED) is 0.463. The van der Waals surface area contributed by atoms with Crippen molar-refractivity contribution in [2.24, 2.45) is 0 Å². The molecule has 1 fully saturated rings. The highest BCUT2D eigenvalue weighted by atomic mass is 35.5. The molecule has 0 radical (unpaired) electrons. The van der Waals surface area contributed by atoms with Gasteiger partial charge in [-0.15, -0.1) is 0 Å². The van der Waals surface area contributed by atoms with E-state index < -0.39 is 0 Å². The summed E-state index contributed by atoms with van der Waals surface area (Å²) in [6.45, 7) is 6.83. The molecule has 1 saturated heterocycles. The molecule has 0 atom stereocenters. The summed E-state index contributed by atoms with van der Waals surface area (Å²) < 4.78 is 13.3. The molecule has 0 aromatic heterocycles. The summed E-state index contributed by atoms with van der Waals surface area (Å²) in [5, 5.41) is 0.516. The zero-order valence-corrected chi connectivity index (χ0v) is 20.1. The maximum atomic E-state index is 13.3. The number of hydrogen-bond acceptors (Lipinski definition) is 3. The lowest BCUT2D eigenvalue weighted by Gasteiger charge is -2.36. The van der Waals surface area contributed by atoms with Crippen LogP contribution in [0.4, 0.5) is 4.39 Å². The molecule has 0 saturated carbocycles. The minimum absolute atomic E-state index is 0.105. The molecule has 0 aliphatic carbocycles. The minimum atomic E-state index is -0.298. The summed E-state index contributed by atoms with van der Waals surface area (Å²) in [5.74, 6) is -0.155. The second-order valence-corrected chi connectivity index (χ2v) is 8.98. The number of rotatable bonds is 10. The van der Waals surface area contributed by atoms with Gasteiger partial charge >= 0.3 is 0 Å². The molecule has 0 N–H and O–H groups in total. The molecule has 1 aliphatic rings. The lowest BCUT2D eigenvalue weighted by atomic mass is 10.1. The van der Waals surface area contributed by atoms with Crippen molar-refractivity contribution in [3.8, 4) is 0 Å². The first-order valence-corrected chi connectivity index (χ1v) is 12.1. The van der Waals surface area contributed by atoms with Crippen LogP contribution in [0.5, 0.6) is 0 Å². The molecule has 2 aromatic rings. The number of carbonyl (C=O) groups is 2. The van der Waals surface area contributed by atoms with Gasteiger partial charge in [0.05, 0.1) is 0 Å². The third kappa shape index (κ3) is 7.83. The Morgan fingerprint density at radius 3 is 2.42 bits per heavy atom. The molecular weight excluding hydrogens is 441 g/mol. The molecule has 7 heteroatoms. The molecule has 0 bridgehead atoms. The summed E-state index contributed by atoms with van der Waals surface area (Å²) in [7, 11) is 0. The zero-order chi connectivity index (χ0) is 23.6. The van der Waals surface area contributed by atoms with Crippen LogP contribution in [0.2, 0.25) is 5.02 Å². The monoisotopic (exact) mass is 473 g/mol. The lowest BCUT2D eigenvalue weighted by Crippen LogP contribution is -2.50. The lowest BCUT2D eigenvalue weighted by molar-refractivity contribution is -0.133. The largest absolute Gasteiger partial charge is 0.340 e. The maximum absolute atomic E-state index is 13.3. The van der Waals surface area contributed by atoms with Crippen LogP contribution < -0.4 is 0 Å². The molecule has 0 spiro atoms. The van der Waals surface area contributed by atoms with Crippen molar-refractivity contribution in [3.63, 3.8) is 0 Å². The second-order valence-electron chi connectivity index (χ2n) is 8.54. The first kappa shape index (κ1) is 25.2. The van der Waals surface area contributed by atoms with Gasteiger partial charge in [0.25, 0.3) is 5.91 Å². The number of carbonyl (C=O) groups excluding carboxylic acids is 2. The number of halogens is 2. The van der Waals surface area contributed by atoms with Gasteiger partial charge in [-0.05, 0) is 42.3 Å². The van der Waals surface area contributed by atoms with Crippen LogP contribution in [-0.2, 0) is 11.3 Å². The first-order chi connectivity index (χ1) is 16.0. The van der Waals surface area contributed by atoms with Crippen molar-refractivity contribution >= 4 is 23.4 Å². The molecule has 5 nitrogen and oxygen atoms in total. The number of unbranched alkanes of at least 4 members (excludes halogenated alkanes) is 2. The van der Waals surface area contributed by atoms with Gasteiger partial charge in [-0.3, -0.25) is 14.5 Å². The van der Waals surface area contributed by atoms with Crippen molar-refractivity contribution in [2.75, 3.05) is 39.3 Å². The zero-order valence-electron chi connectivity index (χ0n) is 19.3. The Morgan fingerprint density at radius 2 is 1.76 bits per heavy atom. The van der Waals surface area contributed by atoms with Gasteiger partial charge in [0.15, 0.2) is 0 Å². The molecule has 178 valence electrons. The van der Waals surface area contributed by atoms with E-state index in [9.17, 15) is 14.0 Å². The van der Waals surface area contributed by atoms with Crippen molar-refractivity contribution in [1.82, 2.24) is 14.7 Å². The van der Waals surface area contributed by atoms with Crippen LogP contribution in [0.3, 0.4) is 0 Å². The first-order valence-electron chi connectivity index (χ1n) is 11.8.